The first-order valence-corrected chi connectivity index (χ1v) is 9.04. The third-order valence-corrected chi connectivity index (χ3v) is 6.24. The number of fused-ring (bicyclic) bond motifs is 2. The van der Waals surface area contributed by atoms with Gasteiger partial charge in [0.05, 0.1) is 16.7 Å². The maximum absolute atomic E-state index is 13.3. The number of hydrogen-bond donors (Lipinski definition) is 0. The molecule has 1 aliphatic heterocycles. The Morgan fingerprint density at radius 1 is 1.30 bits per heavy atom. The lowest BCUT2D eigenvalue weighted by molar-refractivity contribution is -0.286. The summed E-state index contributed by atoms with van der Waals surface area (Å²) in [6.45, 7) is 1.43. The average molecular weight is 416 g/mol. The van der Waals surface area contributed by atoms with Crippen LogP contribution in [0.15, 0.2) is 17.0 Å². The molecule has 1 aromatic carbocycles. The van der Waals surface area contributed by atoms with E-state index in [4.69, 9.17) is 11.6 Å². The first-order chi connectivity index (χ1) is 12.5. The highest BCUT2D eigenvalue weighted by atomic mass is 35.5. The molecule has 4 rings (SSSR count). The molecule has 3 aromatic rings. The van der Waals surface area contributed by atoms with Gasteiger partial charge in [0.2, 0.25) is 5.82 Å². The van der Waals surface area contributed by atoms with E-state index < -0.39 is 22.1 Å². The van der Waals surface area contributed by atoms with Crippen molar-refractivity contribution in [2.45, 2.75) is 18.1 Å². The van der Waals surface area contributed by atoms with Crippen molar-refractivity contribution in [1.29, 1.82) is 5.26 Å². The number of imidazole rings is 1. The normalized spacial score (nSPS) is 15.3. The van der Waals surface area contributed by atoms with Gasteiger partial charge in [-0.05, 0) is 6.92 Å². The van der Waals surface area contributed by atoms with Gasteiger partial charge in [-0.3, -0.25) is 4.68 Å². The molecule has 0 spiro atoms. The summed E-state index contributed by atoms with van der Waals surface area (Å²) in [4.78, 5) is 3.56. The Kier molecular flexibility index (Phi) is 3.44. The number of hydrogen-bond acceptors (Lipinski definition) is 7. The number of alkyl halides is 2. The summed E-state index contributed by atoms with van der Waals surface area (Å²) in [7, 11) is -2.97. The zero-order valence-electron chi connectivity index (χ0n) is 13.6. The lowest BCUT2D eigenvalue weighted by Gasteiger charge is -2.08. The van der Waals surface area contributed by atoms with Gasteiger partial charge >= 0.3 is 6.29 Å². The summed E-state index contributed by atoms with van der Waals surface area (Å²) in [5, 5.41) is 13.1. The molecule has 140 valence electrons. The fourth-order valence-electron chi connectivity index (χ4n) is 2.81. The van der Waals surface area contributed by atoms with E-state index in [0.717, 1.165) is 16.8 Å². The van der Waals surface area contributed by atoms with Crippen molar-refractivity contribution in [3.05, 3.63) is 28.8 Å². The second-order valence-corrected chi connectivity index (χ2v) is 7.68. The van der Waals surface area contributed by atoms with Gasteiger partial charge in [0, 0.05) is 19.2 Å². The number of rotatable bonds is 2. The highest BCUT2D eigenvalue weighted by Gasteiger charge is 2.44. The molecule has 27 heavy (non-hydrogen) atoms. The van der Waals surface area contributed by atoms with E-state index >= 15 is 0 Å². The monoisotopic (exact) mass is 415 g/mol. The Balaban J connectivity index is 2.03. The lowest BCUT2D eigenvalue weighted by Crippen LogP contribution is -2.25. The predicted octanol–water partition coefficient (Wildman–Crippen LogP) is 2.16. The Labute approximate surface area is 155 Å². The Bertz CT molecular complexity index is 1280. The maximum atomic E-state index is 13.3. The van der Waals surface area contributed by atoms with E-state index in [1.54, 1.807) is 6.07 Å². The summed E-state index contributed by atoms with van der Waals surface area (Å²) < 4.78 is 63.4. The predicted molar refractivity (Wildman–Crippen MR) is 86.2 cm³/mol. The number of nitrogens with zero attached hydrogens (tertiary/aromatic N) is 5. The third kappa shape index (κ3) is 2.42. The van der Waals surface area contributed by atoms with E-state index in [0.29, 0.717) is 3.97 Å². The highest BCUT2D eigenvalue weighted by Crippen LogP contribution is 2.43. The number of halogens is 3. The number of aromatic nitrogens is 4. The van der Waals surface area contributed by atoms with Gasteiger partial charge in [-0.2, -0.15) is 10.4 Å². The topological polar surface area (TPSA) is 112 Å². The highest BCUT2D eigenvalue weighted by molar-refractivity contribution is 7.90. The summed E-state index contributed by atoms with van der Waals surface area (Å²) in [5.41, 5.74) is -0.0979. The number of ether oxygens (including phenoxy) is 2. The van der Waals surface area contributed by atoms with E-state index in [9.17, 15) is 22.5 Å². The van der Waals surface area contributed by atoms with Crippen LogP contribution in [0.1, 0.15) is 11.5 Å². The molecule has 9 nitrogen and oxygen atoms in total. The van der Waals surface area contributed by atoms with Gasteiger partial charge < -0.3 is 9.47 Å². The molecular formula is C14H8ClF2N5O4S. The molecule has 0 amide bonds. The van der Waals surface area contributed by atoms with Crippen LogP contribution in [0.3, 0.4) is 0 Å². The standard InChI is InChI=1S/C14H8ClF2N5O4S/c1-6-12(13(15)21(2)20-6)27(23,24)22-8-4-10-9(25-14(16,17)26-10)3-7(8)19-11(22)5-18/h3-4H,1-2H3. The molecule has 3 heterocycles. The van der Waals surface area contributed by atoms with Crippen LogP contribution in [0.4, 0.5) is 8.78 Å². The minimum atomic E-state index is -4.42. The minimum Gasteiger partial charge on any atom is -0.395 e. The van der Waals surface area contributed by atoms with Gasteiger partial charge in [0.15, 0.2) is 11.5 Å². The smallest absolute Gasteiger partial charge is 0.395 e. The fourth-order valence-corrected chi connectivity index (χ4v) is 4.93. The summed E-state index contributed by atoms with van der Waals surface area (Å²) >= 11 is 6.05. The van der Waals surface area contributed by atoms with Crippen molar-refractivity contribution in [3.63, 3.8) is 0 Å². The van der Waals surface area contributed by atoms with Gasteiger partial charge in [-0.15, -0.1) is 8.78 Å². The minimum absolute atomic E-state index is 0.0483. The SMILES string of the molecule is Cc1nn(C)c(Cl)c1S(=O)(=O)n1c(C#N)nc2cc3c(cc21)OC(F)(F)O3. The van der Waals surface area contributed by atoms with E-state index in [1.807, 2.05) is 0 Å². The number of aryl methyl sites for hydroxylation is 2. The number of benzene rings is 1. The van der Waals surface area contributed by atoms with E-state index in [2.05, 4.69) is 19.6 Å². The van der Waals surface area contributed by atoms with Crippen molar-refractivity contribution in [2.75, 3.05) is 0 Å². The molecule has 0 atom stereocenters. The summed E-state index contributed by atoms with van der Waals surface area (Å²) in [6, 6.07) is 3.75. The largest absolute Gasteiger partial charge is 0.586 e. The van der Waals surface area contributed by atoms with Gasteiger partial charge in [0.25, 0.3) is 10.0 Å². The van der Waals surface area contributed by atoms with Crippen molar-refractivity contribution >= 4 is 32.7 Å². The molecular weight excluding hydrogens is 408 g/mol. The molecule has 0 aliphatic carbocycles. The zero-order valence-corrected chi connectivity index (χ0v) is 15.1. The Hall–Kier alpha value is -2.91. The molecule has 13 heteroatoms. The van der Waals surface area contributed by atoms with Crippen LogP contribution in [-0.2, 0) is 17.1 Å². The first-order valence-electron chi connectivity index (χ1n) is 7.22. The molecule has 0 N–H and O–H groups in total. The molecule has 0 fully saturated rings. The summed E-state index contributed by atoms with van der Waals surface area (Å²) in [6.07, 6.45) is -3.88. The lowest BCUT2D eigenvalue weighted by atomic mass is 10.3. The van der Waals surface area contributed by atoms with E-state index in [1.165, 1.54) is 14.0 Å². The molecule has 0 saturated carbocycles. The van der Waals surface area contributed by atoms with Crippen LogP contribution in [0, 0.1) is 18.3 Å². The maximum Gasteiger partial charge on any atom is 0.586 e. The van der Waals surface area contributed by atoms with Crippen LogP contribution in [0.25, 0.3) is 11.0 Å². The fraction of sp³-hybridized carbons (Fsp3) is 0.214. The molecule has 0 radical (unpaired) electrons. The average Bonchev–Trinajstić information content (AvgIpc) is 3.14. The Morgan fingerprint density at radius 3 is 2.48 bits per heavy atom. The van der Waals surface area contributed by atoms with Gasteiger partial charge in [-0.1, -0.05) is 11.6 Å². The quantitative estimate of drug-likeness (QED) is 0.630. The van der Waals surface area contributed by atoms with Crippen molar-refractivity contribution in [2.24, 2.45) is 7.05 Å². The van der Waals surface area contributed by atoms with Gasteiger partial charge in [0.1, 0.15) is 16.1 Å². The molecule has 1 aliphatic rings. The van der Waals surface area contributed by atoms with Crippen LogP contribution < -0.4 is 9.47 Å². The molecule has 0 unspecified atom stereocenters. The van der Waals surface area contributed by atoms with Crippen molar-refractivity contribution in [1.82, 2.24) is 18.7 Å². The van der Waals surface area contributed by atoms with Crippen LogP contribution in [0.2, 0.25) is 5.15 Å². The van der Waals surface area contributed by atoms with Gasteiger partial charge in [-0.25, -0.2) is 17.4 Å². The third-order valence-electron chi connectivity index (χ3n) is 3.83. The van der Waals surface area contributed by atoms with Crippen molar-refractivity contribution < 1.29 is 26.7 Å². The second kappa shape index (κ2) is 5.30. The number of nitriles is 1. The molecule has 2 aromatic heterocycles. The zero-order chi connectivity index (χ0) is 19.7. The van der Waals surface area contributed by atoms with Crippen LogP contribution in [0.5, 0.6) is 11.5 Å². The van der Waals surface area contributed by atoms with E-state index in [-0.39, 0.29) is 38.3 Å². The summed E-state index contributed by atoms with van der Waals surface area (Å²) in [5.74, 6) is -1.20. The van der Waals surface area contributed by atoms with Crippen LogP contribution >= 0.6 is 11.6 Å². The molecule has 0 bridgehead atoms. The van der Waals surface area contributed by atoms with Crippen LogP contribution in [-0.4, -0.2) is 33.4 Å². The first kappa shape index (κ1) is 17.5. The van der Waals surface area contributed by atoms with Crippen molar-refractivity contribution in [3.8, 4) is 17.6 Å². The Morgan fingerprint density at radius 2 is 1.93 bits per heavy atom. The molecule has 0 saturated heterocycles. The second-order valence-electron chi connectivity index (χ2n) is 5.60.